The second kappa shape index (κ2) is 16.6. The Labute approximate surface area is 375 Å². The second-order valence-corrected chi connectivity index (χ2v) is 16.8. The summed E-state index contributed by atoms with van der Waals surface area (Å²) in [5.41, 5.74) is 14.3. The first-order valence-corrected chi connectivity index (χ1v) is 22.4. The van der Waals surface area contributed by atoms with Crippen molar-refractivity contribution < 1.29 is 8.83 Å². The minimum absolute atomic E-state index is 0.906. The lowest BCUT2D eigenvalue weighted by Crippen LogP contribution is -2.16. The van der Waals surface area contributed by atoms with Crippen LogP contribution in [0.4, 0.5) is 22.7 Å². The Morgan fingerprint density at radius 1 is 0.438 bits per heavy atom. The number of fused-ring (bicyclic) bond motifs is 6. The maximum Gasteiger partial charge on any atom is 0.159 e. The fourth-order valence-corrected chi connectivity index (χ4v) is 9.47. The summed E-state index contributed by atoms with van der Waals surface area (Å²) < 4.78 is 12.9. The van der Waals surface area contributed by atoms with Gasteiger partial charge in [0.2, 0.25) is 0 Å². The van der Waals surface area contributed by atoms with E-state index in [1.165, 1.54) is 65.5 Å². The van der Waals surface area contributed by atoms with E-state index in [-0.39, 0.29) is 0 Å². The number of para-hydroxylation sites is 4. The van der Waals surface area contributed by atoms with E-state index in [4.69, 9.17) is 8.83 Å². The molecule has 64 heavy (non-hydrogen) atoms. The van der Waals surface area contributed by atoms with Gasteiger partial charge in [-0.3, -0.25) is 0 Å². The van der Waals surface area contributed by atoms with E-state index < -0.39 is 0 Å². The molecule has 0 fully saturated rings. The van der Waals surface area contributed by atoms with Crippen LogP contribution < -0.4 is 9.80 Å². The van der Waals surface area contributed by atoms with Crippen LogP contribution in [0.5, 0.6) is 0 Å². The Hall–Kier alpha value is -7.56. The van der Waals surface area contributed by atoms with Crippen LogP contribution in [0.15, 0.2) is 196 Å². The molecule has 1 aliphatic rings. The first-order chi connectivity index (χ1) is 31.3. The molecule has 4 heteroatoms. The molecule has 0 saturated heterocycles. The molecule has 0 amide bonds. The van der Waals surface area contributed by atoms with Gasteiger partial charge >= 0.3 is 0 Å². The number of hydrogen-bond acceptors (Lipinski definition) is 4. The molecule has 0 saturated carbocycles. The molecule has 314 valence electrons. The minimum Gasteiger partial charge on any atom is -0.454 e. The maximum atomic E-state index is 6.65. The third-order valence-electron chi connectivity index (χ3n) is 12.7. The molecule has 0 spiro atoms. The Bertz CT molecular complexity index is 3600. The largest absolute Gasteiger partial charge is 0.454 e. The number of rotatable bonds is 5. The number of hydrogen-bond donors (Lipinski definition) is 0. The molecule has 12 rings (SSSR count). The van der Waals surface area contributed by atoms with Crippen LogP contribution in [-0.2, 0) is 0 Å². The molecule has 0 aliphatic heterocycles. The molecule has 1 aliphatic carbocycles. The summed E-state index contributed by atoms with van der Waals surface area (Å²) in [5.74, 6) is 0. The van der Waals surface area contributed by atoms with Crippen molar-refractivity contribution in [3.8, 4) is 0 Å². The fourth-order valence-electron chi connectivity index (χ4n) is 9.47. The summed E-state index contributed by atoms with van der Waals surface area (Å²) >= 11 is 0. The average Bonchev–Trinajstić information content (AvgIpc) is 3.84. The SMILES string of the molecule is CC.CC1=CC=C(N(C)c2cccc3c2oc2c(C)cccc23)CC=C1.Cc1ccc(N(c2ccc3ccc4cccc5ccc2c3c45)c2cccc3c2oc2c(C)cccc23)cc1. The molecule has 2 heterocycles. The fraction of sp³-hybridized carbons (Fsp3) is 0.133. The summed E-state index contributed by atoms with van der Waals surface area (Å²) in [7, 11) is 2.11. The Balaban J connectivity index is 0.000000161. The molecule has 0 atom stereocenters. The van der Waals surface area contributed by atoms with Gasteiger partial charge in [-0.25, -0.2) is 0 Å². The van der Waals surface area contributed by atoms with Crippen molar-refractivity contribution in [1.29, 1.82) is 0 Å². The maximum absolute atomic E-state index is 6.65. The van der Waals surface area contributed by atoms with Crippen LogP contribution in [0, 0.1) is 20.8 Å². The molecular formula is C60H52N2O2. The van der Waals surface area contributed by atoms with Crippen molar-refractivity contribution in [3.05, 3.63) is 204 Å². The Morgan fingerprint density at radius 2 is 0.953 bits per heavy atom. The van der Waals surface area contributed by atoms with Gasteiger partial charge in [0.15, 0.2) is 11.2 Å². The van der Waals surface area contributed by atoms with Gasteiger partial charge in [0.05, 0.1) is 17.1 Å². The van der Waals surface area contributed by atoms with Crippen molar-refractivity contribution in [2.75, 3.05) is 16.8 Å². The molecular weight excluding hydrogens is 781 g/mol. The third-order valence-corrected chi connectivity index (χ3v) is 12.7. The van der Waals surface area contributed by atoms with E-state index in [0.717, 1.165) is 67.8 Å². The number of furan rings is 2. The van der Waals surface area contributed by atoms with Crippen LogP contribution >= 0.6 is 0 Å². The first kappa shape index (κ1) is 40.5. The highest BCUT2D eigenvalue weighted by Gasteiger charge is 2.23. The highest BCUT2D eigenvalue weighted by molar-refractivity contribution is 6.26. The van der Waals surface area contributed by atoms with Crippen LogP contribution in [0.2, 0.25) is 0 Å². The number of benzene rings is 9. The predicted molar refractivity (Wildman–Crippen MR) is 275 cm³/mol. The Morgan fingerprint density at radius 3 is 1.59 bits per heavy atom. The Kier molecular flexibility index (Phi) is 10.5. The number of nitrogens with zero attached hydrogens (tertiary/aromatic N) is 2. The lowest BCUT2D eigenvalue weighted by Gasteiger charge is -2.27. The number of anilines is 4. The lowest BCUT2D eigenvalue weighted by atomic mass is 9.93. The second-order valence-electron chi connectivity index (χ2n) is 16.8. The van der Waals surface area contributed by atoms with Crippen LogP contribution in [-0.4, -0.2) is 7.05 Å². The average molecular weight is 833 g/mol. The van der Waals surface area contributed by atoms with Crippen LogP contribution in [0.25, 0.3) is 76.2 Å². The van der Waals surface area contributed by atoms with Crippen molar-refractivity contribution in [2.24, 2.45) is 0 Å². The summed E-state index contributed by atoms with van der Waals surface area (Å²) in [5, 5.41) is 12.3. The van der Waals surface area contributed by atoms with E-state index in [1.54, 1.807) is 0 Å². The molecule has 9 aromatic carbocycles. The van der Waals surface area contributed by atoms with Crippen molar-refractivity contribution in [1.82, 2.24) is 0 Å². The van der Waals surface area contributed by atoms with Gasteiger partial charge in [-0.2, -0.15) is 0 Å². The van der Waals surface area contributed by atoms with E-state index >= 15 is 0 Å². The summed E-state index contributed by atoms with van der Waals surface area (Å²) in [4.78, 5) is 4.60. The van der Waals surface area contributed by atoms with Gasteiger partial charge in [-0.1, -0.05) is 165 Å². The number of allylic oxidation sites excluding steroid dienone is 5. The lowest BCUT2D eigenvalue weighted by molar-refractivity contribution is 0.665. The van der Waals surface area contributed by atoms with Gasteiger partial charge in [-0.15, -0.1) is 0 Å². The van der Waals surface area contributed by atoms with E-state index in [9.17, 15) is 0 Å². The normalized spacial score (nSPS) is 12.7. The number of aryl methyl sites for hydroxylation is 3. The van der Waals surface area contributed by atoms with Crippen LogP contribution in [0.3, 0.4) is 0 Å². The van der Waals surface area contributed by atoms with Crippen molar-refractivity contribution in [2.45, 2.75) is 48.0 Å². The standard InChI is InChI=1S/C36H25NO.C22H21NO.C2H6/c1-22-12-18-27(19-13-22)37(32-11-5-10-29-28-9-3-6-23(2)35(28)38-36(29)32)31-21-17-26-15-14-24-7-4-8-25-16-20-30(31)34(26)33(24)25;1-15-7-4-9-17(14-13-15)23(3)20-12-6-11-19-18-10-5-8-16(2)21(18)24-22(19)20;1-2/h3-21H,1-2H3;4-8,10-14H,9H2,1-3H3;1-2H3. The van der Waals surface area contributed by atoms with Gasteiger partial charge in [0.25, 0.3) is 0 Å². The molecule has 0 N–H and O–H groups in total. The van der Waals surface area contributed by atoms with Gasteiger partial charge < -0.3 is 18.6 Å². The highest BCUT2D eigenvalue weighted by atomic mass is 16.3. The zero-order valence-electron chi connectivity index (χ0n) is 37.7. The van der Waals surface area contributed by atoms with Crippen molar-refractivity contribution >= 4 is 98.9 Å². The zero-order chi connectivity index (χ0) is 44.1. The van der Waals surface area contributed by atoms with Crippen LogP contribution in [0.1, 0.15) is 43.9 Å². The minimum atomic E-state index is 0.906. The molecule has 0 unspecified atom stereocenters. The monoisotopic (exact) mass is 832 g/mol. The van der Waals surface area contributed by atoms with Crippen molar-refractivity contribution in [3.63, 3.8) is 0 Å². The van der Waals surface area contributed by atoms with Gasteiger partial charge in [-0.05, 0) is 102 Å². The molecule has 11 aromatic rings. The first-order valence-electron chi connectivity index (χ1n) is 22.4. The molecule has 4 nitrogen and oxygen atoms in total. The van der Waals surface area contributed by atoms with E-state index in [1.807, 2.05) is 13.8 Å². The molecule has 0 radical (unpaired) electrons. The summed E-state index contributed by atoms with van der Waals surface area (Å²) in [6.45, 7) is 12.5. The topological polar surface area (TPSA) is 32.8 Å². The molecule has 2 aromatic heterocycles. The van der Waals surface area contributed by atoms with Gasteiger partial charge in [0, 0.05) is 51.8 Å². The van der Waals surface area contributed by atoms with Gasteiger partial charge in [0.1, 0.15) is 11.2 Å². The van der Waals surface area contributed by atoms with E-state index in [0.29, 0.717) is 0 Å². The zero-order valence-corrected chi connectivity index (χ0v) is 37.7. The van der Waals surface area contributed by atoms with E-state index in [2.05, 4.69) is 221 Å². The third kappa shape index (κ3) is 6.87. The summed E-state index contributed by atoms with van der Waals surface area (Å²) in [6, 6.07) is 54.5. The summed E-state index contributed by atoms with van der Waals surface area (Å²) in [6.07, 6.45) is 9.66. The predicted octanol–water partition coefficient (Wildman–Crippen LogP) is 17.7. The smallest absolute Gasteiger partial charge is 0.159 e. The highest BCUT2D eigenvalue weighted by Crippen LogP contribution is 2.47. The quantitative estimate of drug-likeness (QED) is 0.162. The molecule has 0 bridgehead atoms.